The van der Waals surface area contributed by atoms with Gasteiger partial charge in [-0.05, 0) is 37.2 Å². The molecule has 0 unspecified atom stereocenters. The zero-order chi connectivity index (χ0) is 15.7. The minimum absolute atomic E-state index is 0.0313. The minimum atomic E-state index is -0.732. The minimum Gasteiger partial charge on any atom is -0.397 e. The number of nitrogens with zero attached hydrogens (tertiary/aromatic N) is 1. The number of non-ortho nitro benzene ring substituents is 1. The summed E-state index contributed by atoms with van der Waals surface area (Å²) in [6.07, 6.45) is 3.47. The highest BCUT2D eigenvalue weighted by molar-refractivity contribution is 5.69. The molecule has 1 saturated carbocycles. The summed E-state index contributed by atoms with van der Waals surface area (Å²) < 4.78 is 0. The summed E-state index contributed by atoms with van der Waals surface area (Å²) in [5.41, 5.74) is 6.29. The van der Waals surface area contributed by atoms with Crippen LogP contribution in [0.5, 0.6) is 0 Å². The first-order valence-electron chi connectivity index (χ1n) is 7.21. The number of anilines is 2. The zero-order valence-corrected chi connectivity index (χ0v) is 12.6. The molecule has 21 heavy (non-hydrogen) atoms. The fourth-order valence-electron chi connectivity index (χ4n) is 2.65. The second-order valence-corrected chi connectivity index (χ2v) is 6.77. The molecule has 6 heteroatoms. The smallest absolute Gasteiger partial charge is 0.271 e. The fourth-order valence-corrected chi connectivity index (χ4v) is 2.65. The summed E-state index contributed by atoms with van der Waals surface area (Å²) in [7, 11) is 0. The number of nitrogen functional groups attached to an aromatic ring is 1. The molecule has 1 aromatic carbocycles. The average molecular weight is 293 g/mol. The van der Waals surface area contributed by atoms with E-state index in [0.29, 0.717) is 23.3 Å². The largest absolute Gasteiger partial charge is 0.397 e. The van der Waals surface area contributed by atoms with Crippen molar-refractivity contribution in [1.29, 1.82) is 0 Å². The lowest BCUT2D eigenvalue weighted by atomic mass is 9.71. The number of aliphatic hydroxyl groups is 1. The van der Waals surface area contributed by atoms with E-state index < -0.39 is 10.5 Å². The third-order valence-electron chi connectivity index (χ3n) is 4.39. The van der Waals surface area contributed by atoms with Crippen molar-refractivity contribution in [2.45, 2.75) is 45.1 Å². The molecule has 0 bridgehead atoms. The van der Waals surface area contributed by atoms with Crippen LogP contribution in [0.4, 0.5) is 17.1 Å². The second-order valence-electron chi connectivity index (χ2n) is 6.77. The van der Waals surface area contributed by atoms with Crippen molar-refractivity contribution in [3.05, 3.63) is 28.3 Å². The number of nitro groups is 1. The molecule has 0 saturated heterocycles. The quantitative estimate of drug-likeness (QED) is 0.450. The lowest BCUT2D eigenvalue weighted by molar-refractivity contribution is -0.384. The Labute approximate surface area is 124 Å². The Bertz CT molecular complexity index is 533. The number of rotatable bonds is 4. The van der Waals surface area contributed by atoms with E-state index in [-0.39, 0.29) is 5.69 Å². The van der Waals surface area contributed by atoms with Crippen LogP contribution < -0.4 is 11.1 Å². The van der Waals surface area contributed by atoms with E-state index in [1.807, 2.05) is 0 Å². The summed E-state index contributed by atoms with van der Waals surface area (Å²) in [5.74, 6) is 0. The Kier molecular flexibility index (Phi) is 4.09. The molecular weight excluding hydrogens is 270 g/mol. The van der Waals surface area contributed by atoms with E-state index >= 15 is 0 Å². The monoisotopic (exact) mass is 293 g/mol. The standard InChI is InChI=1S/C15H23N3O3/c1-14(2)5-7-15(19,8-6-14)10-17-13-4-3-11(18(20)21)9-12(13)16/h3-4,9,17,19H,5-8,10,16H2,1-2H3. The predicted octanol–water partition coefficient (Wildman–Crippen LogP) is 2.92. The van der Waals surface area contributed by atoms with Gasteiger partial charge in [0.1, 0.15) is 0 Å². The van der Waals surface area contributed by atoms with Crippen LogP contribution in [0.1, 0.15) is 39.5 Å². The molecular formula is C15H23N3O3. The molecule has 1 aliphatic carbocycles. The maximum atomic E-state index is 10.7. The van der Waals surface area contributed by atoms with Gasteiger partial charge < -0.3 is 16.2 Å². The SMILES string of the molecule is CC1(C)CCC(O)(CNc2ccc([N+](=O)[O-])cc2N)CC1. The van der Waals surface area contributed by atoms with Gasteiger partial charge in [-0.2, -0.15) is 0 Å². The molecule has 116 valence electrons. The number of nitrogens with two attached hydrogens (primary N) is 1. The third kappa shape index (κ3) is 3.85. The summed E-state index contributed by atoms with van der Waals surface area (Å²) in [6.45, 7) is 4.84. The van der Waals surface area contributed by atoms with Crippen LogP contribution >= 0.6 is 0 Å². The van der Waals surface area contributed by atoms with Gasteiger partial charge in [0.15, 0.2) is 0 Å². The highest BCUT2D eigenvalue weighted by atomic mass is 16.6. The number of nitrogens with one attached hydrogen (secondary N) is 1. The van der Waals surface area contributed by atoms with E-state index in [1.165, 1.54) is 12.1 Å². The number of benzene rings is 1. The van der Waals surface area contributed by atoms with Crippen molar-refractivity contribution in [2.75, 3.05) is 17.6 Å². The first-order chi connectivity index (χ1) is 9.71. The molecule has 0 aliphatic heterocycles. The maximum Gasteiger partial charge on any atom is 0.271 e. The van der Waals surface area contributed by atoms with Crippen molar-refractivity contribution in [1.82, 2.24) is 0 Å². The van der Waals surface area contributed by atoms with Crippen molar-refractivity contribution < 1.29 is 10.0 Å². The molecule has 4 N–H and O–H groups in total. The number of hydrogen-bond acceptors (Lipinski definition) is 5. The lowest BCUT2D eigenvalue weighted by Gasteiger charge is -2.40. The third-order valence-corrected chi connectivity index (χ3v) is 4.39. The van der Waals surface area contributed by atoms with Crippen molar-refractivity contribution in [3.63, 3.8) is 0 Å². The van der Waals surface area contributed by atoms with Crippen LogP contribution in [0.3, 0.4) is 0 Å². The van der Waals surface area contributed by atoms with E-state index in [9.17, 15) is 15.2 Å². The van der Waals surface area contributed by atoms with E-state index in [4.69, 9.17) is 5.73 Å². The van der Waals surface area contributed by atoms with E-state index in [2.05, 4.69) is 19.2 Å². The highest BCUT2D eigenvalue weighted by Gasteiger charge is 2.36. The van der Waals surface area contributed by atoms with Crippen molar-refractivity contribution in [2.24, 2.45) is 5.41 Å². The van der Waals surface area contributed by atoms with Crippen LogP contribution in [0.15, 0.2) is 18.2 Å². The molecule has 0 spiro atoms. The van der Waals surface area contributed by atoms with Gasteiger partial charge in [-0.15, -0.1) is 0 Å². The Hall–Kier alpha value is -1.82. The summed E-state index contributed by atoms with van der Waals surface area (Å²) in [5, 5.41) is 24.4. The van der Waals surface area contributed by atoms with Crippen LogP contribution in [-0.4, -0.2) is 22.2 Å². The summed E-state index contributed by atoms with van der Waals surface area (Å²) in [6, 6.07) is 4.33. The van der Waals surface area contributed by atoms with Crippen LogP contribution in [0.2, 0.25) is 0 Å². The first-order valence-corrected chi connectivity index (χ1v) is 7.21. The Balaban J connectivity index is 1.98. The zero-order valence-electron chi connectivity index (χ0n) is 12.6. The normalized spacial score (nSPS) is 20.0. The lowest BCUT2D eigenvalue weighted by Crippen LogP contribution is -2.42. The van der Waals surface area contributed by atoms with Crippen LogP contribution in [0, 0.1) is 15.5 Å². The maximum absolute atomic E-state index is 10.7. The van der Waals surface area contributed by atoms with Crippen LogP contribution in [-0.2, 0) is 0 Å². The van der Waals surface area contributed by atoms with Crippen molar-refractivity contribution >= 4 is 17.1 Å². The van der Waals surface area contributed by atoms with Gasteiger partial charge >= 0.3 is 0 Å². The molecule has 0 radical (unpaired) electrons. The molecule has 0 atom stereocenters. The molecule has 0 amide bonds. The van der Waals surface area contributed by atoms with E-state index in [1.54, 1.807) is 6.07 Å². The second kappa shape index (κ2) is 5.52. The van der Waals surface area contributed by atoms with E-state index in [0.717, 1.165) is 25.7 Å². The Morgan fingerprint density at radius 1 is 1.33 bits per heavy atom. The average Bonchev–Trinajstić information content (AvgIpc) is 2.41. The molecule has 1 aromatic rings. The van der Waals surface area contributed by atoms with Gasteiger partial charge in [0.05, 0.1) is 21.9 Å². The Morgan fingerprint density at radius 2 is 1.95 bits per heavy atom. The summed E-state index contributed by atoms with van der Waals surface area (Å²) in [4.78, 5) is 10.2. The first kappa shape index (κ1) is 15.6. The molecule has 6 nitrogen and oxygen atoms in total. The molecule has 0 heterocycles. The molecule has 0 aromatic heterocycles. The topological polar surface area (TPSA) is 101 Å². The fraction of sp³-hybridized carbons (Fsp3) is 0.600. The highest BCUT2D eigenvalue weighted by Crippen LogP contribution is 2.40. The predicted molar refractivity (Wildman–Crippen MR) is 83.2 cm³/mol. The molecule has 2 rings (SSSR count). The number of nitro benzene ring substituents is 1. The van der Waals surface area contributed by atoms with Gasteiger partial charge in [0.25, 0.3) is 5.69 Å². The molecule has 1 aliphatic rings. The summed E-state index contributed by atoms with van der Waals surface area (Å²) >= 11 is 0. The van der Waals surface area contributed by atoms with Gasteiger partial charge in [0.2, 0.25) is 0 Å². The van der Waals surface area contributed by atoms with Gasteiger partial charge in [-0.3, -0.25) is 10.1 Å². The molecule has 1 fully saturated rings. The van der Waals surface area contributed by atoms with Crippen LogP contribution in [0.25, 0.3) is 0 Å². The van der Waals surface area contributed by atoms with Gasteiger partial charge in [-0.25, -0.2) is 0 Å². The van der Waals surface area contributed by atoms with Gasteiger partial charge in [0, 0.05) is 18.7 Å². The number of hydrogen-bond donors (Lipinski definition) is 3. The van der Waals surface area contributed by atoms with Crippen molar-refractivity contribution in [3.8, 4) is 0 Å². The Morgan fingerprint density at radius 3 is 2.48 bits per heavy atom. The van der Waals surface area contributed by atoms with Gasteiger partial charge in [-0.1, -0.05) is 13.8 Å².